The number of pyridine rings is 1. The number of rotatable bonds is 5. The minimum absolute atomic E-state index is 0.0212. The first-order valence-corrected chi connectivity index (χ1v) is 5.90. The number of hydrogen-bond donors (Lipinski definition) is 2. The molecule has 0 fully saturated rings. The number of aryl methyl sites for hydroxylation is 2. The SMILES string of the molecule is Cc1cnc(CNC(=O)CCc2cccnc2)[nH]1. The van der Waals surface area contributed by atoms with Gasteiger partial charge in [0, 0.05) is 30.7 Å². The van der Waals surface area contributed by atoms with Crippen LogP contribution in [0.2, 0.25) is 0 Å². The molecule has 2 N–H and O–H groups in total. The topological polar surface area (TPSA) is 70.7 Å². The van der Waals surface area contributed by atoms with E-state index >= 15 is 0 Å². The number of aromatic amines is 1. The average Bonchev–Trinajstić information content (AvgIpc) is 2.81. The highest BCUT2D eigenvalue weighted by Gasteiger charge is 2.03. The van der Waals surface area contributed by atoms with E-state index in [1.807, 2.05) is 19.1 Å². The molecule has 5 heteroatoms. The average molecular weight is 244 g/mol. The first-order valence-electron chi connectivity index (χ1n) is 5.90. The van der Waals surface area contributed by atoms with E-state index in [2.05, 4.69) is 20.3 Å². The van der Waals surface area contributed by atoms with Crippen LogP contribution >= 0.6 is 0 Å². The summed E-state index contributed by atoms with van der Waals surface area (Å²) in [5.74, 6) is 0.801. The van der Waals surface area contributed by atoms with Crippen LogP contribution in [-0.4, -0.2) is 20.9 Å². The molecule has 94 valence electrons. The number of carbonyl (C=O) groups excluding carboxylic acids is 1. The molecule has 2 heterocycles. The quantitative estimate of drug-likeness (QED) is 0.834. The minimum Gasteiger partial charge on any atom is -0.349 e. The van der Waals surface area contributed by atoms with Crippen LogP contribution < -0.4 is 5.32 Å². The number of carbonyl (C=O) groups is 1. The van der Waals surface area contributed by atoms with Crippen LogP contribution in [-0.2, 0) is 17.8 Å². The molecular weight excluding hydrogens is 228 g/mol. The van der Waals surface area contributed by atoms with Gasteiger partial charge in [-0.2, -0.15) is 0 Å². The number of H-pyrrole nitrogens is 1. The van der Waals surface area contributed by atoms with Gasteiger partial charge in [-0.15, -0.1) is 0 Å². The molecule has 5 nitrogen and oxygen atoms in total. The Balaban J connectivity index is 1.73. The summed E-state index contributed by atoms with van der Waals surface area (Å²) in [5.41, 5.74) is 2.07. The van der Waals surface area contributed by atoms with Crippen LogP contribution in [0.4, 0.5) is 0 Å². The molecule has 0 saturated carbocycles. The Morgan fingerprint density at radius 3 is 3.00 bits per heavy atom. The van der Waals surface area contributed by atoms with Gasteiger partial charge in [0.25, 0.3) is 0 Å². The molecule has 1 amide bonds. The lowest BCUT2D eigenvalue weighted by molar-refractivity contribution is -0.121. The summed E-state index contributed by atoms with van der Waals surface area (Å²) in [7, 11) is 0. The summed E-state index contributed by atoms with van der Waals surface area (Å²) in [6.45, 7) is 2.38. The normalized spacial score (nSPS) is 10.3. The summed E-state index contributed by atoms with van der Waals surface area (Å²) in [6, 6.07) is 3.84. The maximum Gasteiger partial charge on any atom is 0.220 e. The summed E-state index contributed by atoms with van der Waals surface area (Å²) in [6.07, 6.45) is 6.42. The highest BCUT2D eigenvalue weighted by molar-refractivity contribution is 5.76. The molecular formula is C13H16N4O. The lowest BCUT2D eigenvalue weighted by Crippen LogP contribution is -2.23. The smallest absolute Gasteiger partial charge is 0.220 e. The Labute approximate surface area is 106 Å². The van der Waals surface area contributed by atoms with Crippen LogP contribution in [0.15, 0.2) is 30.7 Å². The Morgan fingerprint density at radius 1 is 1.44 bits per heavy atom. The Morgan fingerprint density at radius 2 is 2.33 bits per heavy atom. The maximum absolute atomic E-state index is 11.6. The molecule has 0 aliphatic rings. The predicted molar refractivity (Wildman–Crippen MR) is 67.7 cm³/mol. The molecule has 2 aromatic rings. The molecule has 2 rings (SSSR count). The van der Waals surface area contributed by atoms with E-state index in [1.165, 1.54) is 0 Å². The fourth-order valence-electron chi connectivity index (χ4n) is 1.63. The van der Waals surface area contributed by atoms with E-state index in [9.17, 15) is 4.79 Å². The van der Waals surface area contributed by atoms with Crippen LogP contribution in [0.3, 0.4) is 0 Å². The fourth-order valence-corrected chi connectivity index (χ4v) is 1.63. The molecule has 0 aromatic carbocycles. The highest BCUT2D eigenvalue weighted by Crippen LogP contribution is 2.00. The van der Waals surface area contributed by atoms with E-state index in [1.54, 1.807) is 18.6 Å². The van der Waals surface area contributed by atoms with E-state index in [4.69, 9.17) is 0 Å². The number of imidazole rings is 1. The Hall–Kier alpha value is -2.17. The van der Waals surface area contributed by atoms with Crippen molar-refractivity contribution in [3.05, 3.63) is 47.8 Å². The highest BCUT2D eigenvalue weighted by atomic mass is 16.1. The zero-order chi connectivity index (χ0) is 12.8. The van der Waals surface area contributed by atoms with Gasteiger partial charge in [0.15, 0.2) is 0 Å². The number of nitrogens with zero attached hydrogens (tertiary/aromatic N) is 2. The van der Waals surface area contributed by atoms with Gasteiger partial charge in [-0.05, 0) is 25.0 Å². The predicted octanol–water partition coefficient (Wildman–Crippen LogP) is 1.36. The van der Waals surface area contributed by atoms with Gasteiger partial charge in [-0.3, -0.25) is 9.78 Å². The van der Waals surface area contributed by atoms with Crippen LogP contribution in [0.25, 0.3) is 0 Å². The van der Waals surface area contributed by atoms with Gasteiger partial charge in [-0.25, -0.2) is 4.98 Å². The zero-order valence-electron chi connectivity index (χ0n) is 10.3. The largest absolute Gasteiger partial charge is 0.349 e. The molecule has 0 bridgehead atoms. The van der Waals surface area contributed by atoms with Crippen molar-refractivity contribution in [3.8, 4) is 0 Å². The maximum atomic E-state index is 11.6. The molecule has 18 heavy (non-hydrogen) atoms. The van der Waals surface area contributed by atoms with E-state index in [-0.39, 0.29) is 5.91 Å². The Kier molecular flexibility index (Phi) is 4.06. The van der Waals surface area contributed by atoms with Crippen molar-refractivity contribution >= 4 is 5.91 Å². The third kappa shape index (κ3) is 3.69. The minimum atomic E-state index is 0.0212. The van der Waals surface area contributed by atoms with Crippen molar-refractivity contribution in [3.63, 3.8) is 0 Å². The Bertz CT molecular complexity index is 507. The van der Waals surface area contributed by atoms with Crippen molar-refractivity contribution in [1.82, 2.24) is 20.3 Å². The summed E-state index contributed by atoms with van der Waals surface area (Å²) >= 11 is 0. The molecule has 0 atom stereocenters. The first kappa shape index (κ1) is 12.3. The lowest BCUT2D eigenvalue weighted by atomic mass is 10.1. The first-order chi connectivity index (χ1) is 8.74. The fraction of sp³-hybridized carbons (Fsp3) is 0.308. The van der Waals surface area contributed by atoms with E-state index in [0.29, 0.717) is 19.4 Å². The zero-order valence-corrected chi connectivity index (χ0v) is 10.3. The summed E-state index contributed by atoms with van der Waals surface area (Å²) in [4.78, 5) is 22.8. The van der Waals surface area contributed by atoms with Gasteiger partial charge in [-0.1, -0.05) is 6.07 Å². The second-order valence-electron chi connectivity index (χ2n) is 4.15. The number of nitrogens with one attached hydrogen (secondary N) is 2. The standard InChI is InChI=1S/C13H16N4O/c1-10-7-15-12(17-10)9-16-13(18)5-4-11-3-2-6-14-8-11/h2-3,6-8H,4-5,9H2,1H3,(H,15,17)(H,16,18). The van der Waals surface area contributed by atoms with Crippen LogP contribution in [0, 0.1) is 6.92 Å². The number of aromatic nitrogens is 3. The number of hydrogen-bond acceptors (Lipinski definition) is 3. The monoisotopic (exact) mass is 244 g/mol. The lowest BCUT2D eigenvalue weighted by Gasteiger charge is -2.03. The molecule has 0 aliphatic heterocycles. The number of amides is 1. The van der Waals surface area contributed by atoms with Gasteiger partial charge < -0.3 is 10.3 Å². The van der Waals surface area contributed by atoms with Crippen molar-refractivity contribution in [1.29, 1.82) is 0 Å². The van der Waals surface area contributed by atoms with Crippen LogP contribution in [0.1, 0.15) is 23.5 Å². The van der Waals surface area contributed by atoms with E-state index < -0.39 is 0 Å². The molecule has 0 radical (unpaired) electrons. The van der Waals surface area contributed by atoms with Crippen LogP contribution in [0.5, 0.6) is 0 Å². The van der Waals surface area contributed by atoms with E-state index in [0.717, 1.165) is 17.1 Å². The van der Waals surface area contributed by atoms with Crippen molar-refractivity contribution in [2.24, 2.45) is 0 Å². The van der Waals surface area contributed by atoms with Crippen molar-refractivity contribution in [2.75, 3.05) is 0 Å². The molecule has 2 aromatic heterocycles. The third-order valence-corrected chi connectivity index (χ3v) is 2.57. The summed E-state index contributed by atoms with van der Waals surface area (Å²) < 4.78 is 0. The van der Waals surface area contributed by atoms with Gasteiger partial charge >= 0.3 is 0 Å². The summed E-state index contributed by atoms with van der Waals surface area (Å²) in [5, 5.41) is 2.83. The van der Waals surface area contributed by atoms with Gasteiger partial charge in [0.2, 0.25) is 5.91 Å². The third-order valence-electron chi connectivity index (χ3n) is 2.57. The second kappa shape index (κ2) is 5.95. The van der Waals surface area contributed by atoms with Crippen molar-refractivity contribution in [2.45, 2.75) is 26.3 Å². The molecule has 0 unspecified atom stereocenters. The van der Waals surface area contributed by atoms with Gasteiger partial charge in [0.1, 0.15) is 5.82 Å². The van der Waals surface area contributed by atoms with Crippen molar-refractivity contribution < 1.29 is 4.79 Å². The van der Waals surface area contributed by atoms with Gasteiger partial charge in [0.05, 0.1) is 6.54 Å². The molecule has 0 spiro atoms. The molecule has 0 aliphatic carbocycles. The molecule has 0 saturated heterocycles. The second-order valence-corrected chi connectivity index (χ2v) is 4.15.